The van der Waals surface area contributed by atoms with E-state index in [1.165, 1.54) is 0 Å². The van der Waals surface area contributed by atoms with Gasteiger partial charge in [-0.15, -0.1) is 0 Å². The molecule has 2 aliphatic rings. The minimum Gasteiger partial charge on any atom is -0.378 e. The number of nitrogens with zero attached hydrogens (tertiary/aromatic N) is 1. The zero-order valence-corrected chi connectivity index (χ0v) is 11.0. The molecule has 1 heterocycles. The van der Waals surface area contributed by atoms with E-state index in [4.69, 9.17) is 10.5 Å². The van der Waals surface area contributed by atoms with Crippen LogP contribution in [0.1, 0.15) is 12.8 Å². The number of hydrogen-bond donors (Lipinski definition) is 2. The van der Waals surface area contributed by atoms with Crippen LogP contribution in [0.2, 0.25) is 0 Å². The molecule has 0 aromatic heterocycles. The predicted octanol–water partition coefficient (Wildman–Crippen LogP) is -0.745. The molecule has 2 atom stereocenters. The van der Waals surface area contributed by atoms with E-state index < -0.39 is 0 Å². The third kappa shape index (κ3) is 4.04. The largest absolute Gasteiger partial charge is 0.378 e. The van der Waals surface area contributed by atoms with Gasteiger partial charge in [-0.3, -0.25) is 9.59 Å². The summed E-state index contributed by atoms with van der Waals surface area (Å²) in [5.74, 6) is -0.116. The summed E-state index contributed by atoms with van der Waals surface area (Å²) in [6.45, 7) is 2.88. The third-order valence-corrected chi connectivity index (χ3v) is 3.46. The van der Waals surface area contributed by atoms with Crippen LogP contribution in [0.25, 0.3) is 0 Å². The Balaban J connectivity index is 1.64. The molecule has 0 spiro atoms. The molecule has 1 fully saturated rings. The Kier molecular flexibility index (Phi) is 4.93. The van der Waals surface area contributed by atoms with Gasteiger partial charge in [0, 0.05) is 32.1 Å². The maximum atomic E-state index is 11.8. The van der Waals surface area contributed by atoms with Gasteiger partial charge in [-0.2, -0.15) is 0 Å². The first-order valence-corrected chi connectivity index (χ1v) is 6.74. The topological polar surface area (TPSA) is 84.7 Å². The molecule has 2 amide bonds. The van der Waals surface area contributed by atoms with Crippen molar-refractivity contribution in [2.45, 2.75) is 18.9 Å². The van der Waals surface area contributed by atoms with Gasteiger partial charge < -0.3 is 20.7 Å². The average molecular weight is 267 g/mol. The Bertz CT molecular complexity index is 364. The molecule has 0 saturated carbocycles. The number of amides is 2. The first kappa shape index (κ1) is 14.0. The van der Waals surface area contributed by atoms with E-state index in [0.29, 0.717) is 45.7 Å². The van der Waals surface area contributed by atoms with Crippen LogP contribution in [-0.2, 0) is 14.3 Å². The number of nitrogens with two attached hydrogens (primary N) is 1. The lowest BCUT2D eigenvalue weighted by molar-refractivity contribution is -0.135. The number of morpholine rings is 1. The van der Waals surface area contributed by atoms with E-state index in [2.05, 4.69) is 5.32 Å². The molecule has 0 aromatic carbocycles. The van der Waals surface area contributed by atoms with E-state index in [0.717, 1.165) is 0 Å². The van der Waals surface area contributed by atoms with Crippen molar-refractivity contribution in [2.75, 3.05) is 32.8 Å². The fraction of sp³-hybridized carbons (Fsp3) is 0.692. The van der Waals surface area contributed by atoms with Gasteiger partial charge in [0.1, 0.15) is 0 Å². The monoisotopic (exact) mass is 267 g/mol. The van der Waals surface area contributed by atoms with E-state index in [1.54, 1.807) is 4.90 Å². The lowest BCUT2D eigenvalue weighted by Crippen LogP contribution is -2.42. The molecular formula is C13H21N3O3. The minimum atomic E-state index is -0.145. The normalized spacial score (nSPS) is 26.5. The van der Waals surface area contributed by atoms with Crippen LogP contribution >= 0.6 is 0 Å². The zero-order chi connectivity index (χ0) is 13.7. The Hall–Kier alpha value is -1.40. The van der Waals surface area contributed by atoms with Crippen LogP contribution in [0.5, 0.6) is 0 Å². The standard InChI is InChI=1S/C13H21N3O3/c14-11-2-1-10(9-11)13(18)15-4-3-12(17)16-5-7-19-8-6-16/h1-2,10-11H,3-9,14H2,(H,15,18). The molecular weight excluding hydrogens is 246 g/mol. The Morgan fingerprint density at radius 3 is 2.68 bits per heavy atom. The highest BCUT2D eigenvalue weighted by Crippen LogP contribution is 2.16. The summed E-state index contributed by atoms with van der Waals surface area (Å²) in [4.78, 5) is 25.4. The van der Waals surface area contributed by atoms with Gasteiger partial charge in [-0.1, -0.05) is 12.2 Å². The van der Waals surface area contributed by atoms with Crippen molar-refractivity contribution in [1.82, 2.24) is 10.2 Å². The fourth-order valence-electron chi connectivity index (χ4n) is 2.32. The van der Waals surface area contributed by atoms with Gasteiger partial charge in [0.25, 0.3) is 0 Å². The third-order valence-electron chi connectivity index (χ3n) is 3.46. The van der Waals surface area contributed by atoms with Crippen LogP contribution in [-0.4, -0.2) is 55.6 Å². The maximum absolute atomic E-state index is 11.8. The summed E-state index contributed by atoms with van der Waals surface area (Å²) in [5, 5.41) is 2.79. The number of hydrogen-bond acceptors (Lipinski definition) is 4. The molecule has 2 unspecified atom stereocenters. The summed E-state index contributed by atoms with van der Waals surface area (Å²) in [6, 6.07) is -0.0225. The summed E-state index contributed by atoms with van der Waals surface area (Å²) < 4.78 is 5.19. The lowest BCUT2D eigenvalue weighted by Gasteiger charge is -2.26. The van der Waals surface area contributed by atoms with Crippen molar-refractivity contribution in [3.05, 3.63) is 12.2 Å². The van der Waals surface area contributed by atoms with Crippen molar-refractivity contribution in [1.29, 1.82) is 0 Å². The molecule has 1 saturated heterocycles. The van der Waals surface area contributed by atoms with Crippen molar-refractivity contribution < 1.29 is 14.3 Å². The highest BCUT2D eigenvalue weighted by molar-refractivity contribution is 5.82. The summed E-state index contributed by atoms with van der Waals surface area (Å²) in [6.07, 6.45) is 4.68. The summed E-state index contributed by atoms with van der Waals surface area (Å²) >= 11 is 0. The van der Waals surface area contributed by atoms with Crippen LogP contribution in [0.3, 0.4) is 0 Å². The second-order valence-electron chi connectivity index (χ2n) is 4.93. The van der Waals surface area contributed by atoms with Crippen LogP contribution < -0.4 is 11.1 Å². The molecule has 1 aliphatic heterocycles. The van der Waals surface area contributed by atoms with Gasteiger partial charge in [0.05, 0.1) is 19.1 Å². The summed E-state index contributed by atoms with van der Waals surface area (Å²) in [5.41, 5.74) is 5.70. The molecule has 0 bridgehead atoms. The van der Waals surface area contributed by atoms with Crippen molar-refractivity contribution in [3.63, 3.8) is 0 Å². The van der Waals surface area contributed by atoms with Gasteiger partial charge in [0.2, 0.25) is 11.8 Å². The fourth-order valence-corrected chi connectivity index (χ4v) is 2.32. The number of rotatable bonds is 4. The Morgan fingerprint density at radius 2 is 2.05 bits per heavy atom. The zero-order valence-electron chi connectivity index (χ0n) is 11.0. The SMILES string of the molecule is NC1C=CC(C(=O)NCCC(=O)N2CCOCC2)C1. The molecule has 2 rings (SSSR count). The highest BCUT2D eigenvalue weighted by Gasteiger charge is 2.23. The van der Waals surface area contributed by atoms with E-state index >= 15 is 0 Å². The van der Waals surface area contributed by atoms with Crippen molar-refractivity contribution in [2.24, 2.45) is 11.7 Å². The van der Waals surface area contributed by atoms with Gasteiger partial charge in [-0.05, 0) is 6.42 Å². The molecule has 0 aromatic rings. The molecule has 6 heteroatoms. The molecule has 106 valence electrons. The number of ether oxygens (including phenoxy) is 1. The Morgan fingerprint density at radius 1 is 1.32 bits per heavy atom. The first-order chi connectivity index (χ1) is 9.16. The number of nitrogens with one attached hydrogen (secondary N) is 1. The van der Waals surface area contributed by atoms with E-state index in [-0.39, 0.29) is 23.8 Å². The first-order valence-electron chi connectivity index (χ1n) is 6.74. The second-order valence-corrected chi connectivity index (χ2v) is 4.93. The quantitative estimate of drug-likeness (QED) is 0.657. The van der Waals surface area contributed by atoms with Crippen LogP contribution in [0.4, 0.5) is 0 Å². The predicted molar refractivity (Wildman–Crippen MR) is 70.2 cm³/mol. The second kappa shape index (κ2) is 6.68. The van der Waals surface area contributed by atoms with E-state index in [9.17, 15) is 9.59 Å². The molecule has 0 radical (unpaired) electrons. The van der Waals surface area contributed by atoms with Crippen LogP contribution in [0.15, 0.2) is 12.2 Å². The van der Waals surface area contributed by atoms with Gasteiger partial charge >= 0.3 is 0 Å². The van der Waals surface area contributed by atoms with Gasteiger partial charge in [0.15, 0.2) is 0 Å². The van der Waals surface area contributed by atoms with Crippen molar-refractivity contribution in [3.8, 4) is 0 Å². The molecule has 6 nitrogen and oxygen atoms in total. The maximum Gasteiger partial charge on any atom is 0.227 e. The summed E-state index contributed by atoms with van der Waals surface area (Å²) in [7, 11) is 0. The molecule has 1 aliphatic carbocycles. The lowest BCUT2D eigenvalue weighted by atomic mass is 10.1. The van der Waals surface area contributed by atoms with E-state index in [1.807, 2.05) is 12.2 Å². The minimum absolute atomic E-state index is 0.0225. The molecule has 19 heavy (non-hydrogen) atoms. The number of carbonyl (C=O) groups is 2. The van der Waals surface area contributed by atoms with Gasteiger partial charge in [-0.25, -0.2) is 0 Å². The smallest absolute Gasteiger partial charge is 0.227 e. The Labute approximate surface area is 113 Å². The van der Waals surface area contributed by atoms with Crippen LogP contribution in [0, 0.1) is 5.92 Å². The number of carbonyl (C=O) groups excluding carboxylic acids is 2. The van der Waals surface area contributed by atoms with Crippen molar-refractivity contribution >= 4 is 11.8 Å². The highest BCUT2D eigenvalue weighted by atomic mass is 16.5. The average Bonchev–Trinajstić information content (AvgIpc) is 2.86. The molecule has 3 N–H and O–H groups in total.